The van der Waals surface area contributed by atoms with Gasteiger partial charge >= 0.3 is 0 Å². The molecule has 80 valence electrons. The Morgan fingerprint density at radius 2 is 2.13 bits per heavy atom. The van der Waals surface area contributed by atoms with Crippen LogP contribution in [-0.2, 0) is 13.6 Å². The van der Waals surface area contributed by atoms with E-state index in [4.69, 9.17) is 11.6 Å². The van der Waals surface area contributed by atoms with Gasteiger partial charge in [-0.05, 0) is 11.6 Å². The zero-order valence-corrected chi connectivity index (χ0v) is 9.59. The molecule has 0 saturated heterocycles. The number of hydrogen-bond donors (Lipinski definition) is 1. The first-order valence-electron chi connectivity index (χ1n) is 5.12. The first kappa shape index (κ1) is 10.5. The number of halogens is 1. The van der Waals surface area contributed by atoms with E-state index in [1.165, 1.54) is 16.5 Å². The van der Waals surface area contributed by atoms with Crippen molar-refractivity contribution < 1.29 is 0 Å². The predicted octanol–water partition coefficient (Wildman–Crippen LogP) is 2.51. The fourth-order valence-corrected chi connectivity index (χ4v) is 1.99. The standard InChI is InChI=1S/C12H15ClN2/c1-15-9-10(8-14-7-6-13)11-4-2-3-5-12(11)15/h2-5,9,14H,6-8H2,1H3. The number of benzene rings is 1. The fraction of sp³-hybridized carbons (Fsp3) is 0.333. The summed E-state index contributed by atoms with van der Waals surface area (Å²) < 4.78 is 2.16. The maximum Gasteiger partial charge on any atom is 0.0481 e. The van der Waals surface area contributed by atoms with Crippen molar-refractivity contribution in [3.8, 4) is 0 Å². The Kier molecular flexibility index (Phi) is 3.29. The highest BCUT2D eigenvalue weighted by atomic mass is 35.5. The Bertz CT molecular complexity index is 448. The van der Waals surface area contributed by atoms with Gasteiger partial charge in [0.2, 0.25) is 0 Å². The quantitative estimate of drug-likeness (QED) is 0.622. The molecular formula is C12H15ClN2. The van der Waals surface area contributed by atoms with Crippen molar-refractivity contribution in [3.63, 3.8) is 0 Å². The smallest absolute Gasteiger partial charge is 0.0481 e. The molecule has 1 N–H and O–H groups in total. The number of nitrogens with one attached hydrogen (secondary N) is 1. The monoisotopic (exact) mass is 222 g/mol. The average molecular weight is 223 g/mol. The number of aryl methyl sites for hydroxylation is 1. The van der Waals surface area contributed by atoms with E-state index >= 15 is 0 Å². The minimum Gasteiger partial charge on any atom is -0.350 e. The summed E-state index contributed by atoms with van der Waals surface area (Å²) in [5.74, 6) is 0.658. The zero-order valence-electron chi connectivity index (χ0n) is 8.83. The number of aromatic nitrogens is 1. The van der Waals surface area contributed by atoms with Crippen molar-refractivity contribution in [2.24, 2.45) is 7.05 Å². The SMILES string of the molecule is Cn1cc(CNCCCl)c2ccccc21. The van der Waals surface area contributed by atoms with Crippen LogP contribution in [0.2, 0.25) is 0 Å². The third-order valence-corrected chi connectivity index (χ3v) is 2.76. The highest BCUT2D eigenvalue weighted by Crippen LogP contribution is 2.19. The topological polar surface area (TPSA) is 17.0 Å². The first-order valence-corrected chi connectivity index (χ1v) is 5.66. The molecule has 0 atom stereocenters. The Labute approximate surface area is 94.8 Å². The van der Waals surface area contributed by atoms with Gasteiger partial charge in [0.1, 0.15) is 0 Å². The molecule has 0 saturated carbocycles. The van der Waals surface area contributed by atoms with Crippen LogP contribution in [0.5, 0.6) is 0 Å². The van der Waals surface area contributed by atoms with Crippen LogP contribution in [0.15, 0.2) is 30.5 Å². The Balaban J connectivity index is 2.27. The molecular weight excluding hydrogens is 208 g/mol. The van der Waals surface area contributed by atoms with Crippen LogP contribution in [0.1, 0.15) is 5.56 Å². The second kappa shape index (κ2) is 4.69. The molecule has 1 aromatic heterocycles. The van der Waals surface area contributed by atoms with E-state index in [0.29, 0.717) is 5.88 Å². The van der Waals surface area contributed by atoms with Crippen molar-refractivity contribution in [2.45, 2.75) is 6.54 Å². The molecule has 0 radical (unpaired) electrons. The maximum atomic E-state index is 5.62. The number of para-hydroxylation sites is 1. The third kappa shape index (κ3) is 2.16. The van der Waals surface area contributed by atoms with E-state index in [0.717, 1.165) is 13.1 Å². The van der Waals surface area contributed by atoms with Crippen LogP contribution in [-0.4, -0.2) is 17.0 Å². The van der Waals surface area contributed by atoms with Gasteiger partial charge in [0.25, 0.3) is 0 Å². The molecule has 3 heteroatoms. The van der Waals surface area contributed by atoms with Crippen LogP contribution >= 0.6 is 11.6 Å². The third-order valence-electron chi connectivity index (χ3n) is 2.57. The van der Waals surface area contributed by atoms with Crippen LogP contribution in [0.3, 0.4) is 0 Å². The predicted molar refractivity (Wildman–Crippen MR) is 65.3 cm³/mol. The number of alkyl halides is 1. The van der Waals surface area contributed by atoms with Crippen LogP contribution < -0.4 is 5.32 Å². The number of fused-ring (bicyclic) bond motifs is 1. The van der Waals surface area contributed by atoms with E-state index in [-0.39, 0.29) is 0 Å². The number of hydrogen-bond acceptors (Lipinski definition) is 1. The van der Waals surface area contributed by atoms with E-state index in [9.17, 15) is 0 Å². The van der Waals surface area contributed by atoms with Crippen LogP contribution in [0.25, 0.3) is 10.9 Å². The Morgan fingerprint density at radius 1 is 1.33 bits per heavy atom. The molecule has 0 fully saturated rings. The average Bonchev–Trinajstić information content (AvgIpc) is 2.58. The molecule has 0 unspecified atom stereocenters. The van der Waals surface area contributed by atoms with Crippen LogP contribution in [0, 0.1) is 0 Å². The maximum absolute atomic E-state index is 5.62. The van der Waals surface area contributed by atoms with Gasteiger partial charge in [-0.25, -0.2) is 0 Å². The van der Waals surface area contributed by atoms with Crippen molar-refractivity contribution in [2.75, 3.05) is 12.4 Å². The Hall–Kier alpha value is -0.990. The van der Waals surface area contributed by atoms with Crippen molar-refractivity contribution in [1.82, 2.24) is 9.88 Å². The molecule has 1 aromatic carbocycles. The summed E-state index contributed by atoms with van der Waals surface area (Å²) in [5.41, 5.74) is 2.61. The molecule has 2 rings (SSSR count). The zero-order chi connectivity index (χ0) is 10.7. The fourth-order valence-electron chi connectivity index (χ4n) is 1.86. The Morgan fingerprint density at radius 3 is 2.93 bits per heavy atom. The van der Waals surface area contributed by atoms with Gasteiger partial charge in [-0.1, -0.05) is 18.2 Å². The second-order valence-corrected chi connectivity index (χ2v) is 4.03. The molecule has 0 bridgehead atoms. The summed E-state index contributed by atoms with van der Waals surface area (Å²) in [6.07, 6.45) is 2.17. The first-order chi connectivity index (χ1) is 7.33. The normalized spacial score (nSPS) is 11.1. The molecule has 0 aliphatic rings. The molecule has 0 aliphatic carbocycles. The van der Waals surface area contributed by atoms with Gasteiger partial charge in [-0.15, -0.1) is 11.6 Å². The van der Waals surface area contributed by atoms with E-state index < -0.39 is 0 Å². The van der Waals surface area contributed by atoms with Crippen molar-refractivity contribution in [3.05, 3.63) is 36.0 Å². The van der Waals surface area contributed by atoms with Crippen LogP contribution in [0.4, 0.5) is 0 Å². The minimum atomic E-state index is 0.658. The number of nitrogens with zero attached hydrogens (tertiary/aromatic N) is 1. The summed E-state index contributed by atoms with van der Waals surface area (Å²) in [7, 11) is 2.08. The molecule has 2 aromatic rings. The largest absolute Gasteiger partial charge is 0.350 e. The van der Waals surface area contributed by atoms with Gasteiger partial charge in [-0.2, -0.15) is 0 Å². The summed E-state index contributed by atoms with van der Waals surface area (Å²) in [4.78, 5) is 0. The van der Waals surface area contributed by atoms with Gasteiger partial charge < -0.3 is 9.88 Å². The lowest BCUT2D eigenvalue weighted by molar-refractivity contribution is 0.731. The van der Waals surface area contributed by atoms with Crippen molar-refractivity contribution >= 4 is 22.5 Å². The molecule has 15 heavy (non-hydrogen) atoms. The van der Waals surface area contributed by atoms with Gasteiger partial charge in [0.05, 0.1) is 0 Å². The van der Waals surface area contributed by atoms with Gasteiger partial charge in [-0.3, -0.25) is 0 Å². The highest BCUT2D eigenvalue weighted by Gasteiger charge is 2.04. The summed E-state index contributed by atoms with van der Waals surface area (Å²) in [6.45, 7) is 1.73. The van der Waals surface area contributed by atoms with E-state index in [2.05, 4.69) is 47.4 Å². The lowest BCUT2D eigenvalue weighted by Crippen LogP contribution is -2.15. The highest BCUT2D eigenvalue weighted by molar-refractivity contribution is 6.18. The summed E-state index contributed by atoms with van der Waals surface area (Å²) in [6, 6.07) is 8.44. The lowest BCUT2D eigenvalue weighted by Gasteiger charge is -2.00. The molecule has 1 heterocycles. The summed E-state index contributed by atoms with van der Waals surface area (Å²) >= 11 is 5.62. The van der Waals surface area contributed by atoms with Gasteiger partial charge in [0.15, 0.2) is 0 Å². The molecule has 0 spiro atoms. The molecule has 0 aliphatic heterocycles. The van der Waals surface area contributed by atoms with E-state index in [1.807, 2.05) is 0 Å². The number of rotatable bonds is 4. The summed E-state index contributed by atoms with van der Waals surface area (Å²) in [5, 5.41) is 4.63. The van der Waals surface area contributed by atoms with Gasteiger partial charge in [0, 0.05) is 43.1 Å². The van der Waals surface area contributed by atoms with E-state index in [1.54, 1.807) is 0 Å². The molecule has 0 amide bonds. The lowest BCUT2D eigenvalue weighted by atomic mass is 10.2. The molecule has 2 nitrogen and oxygen atoms in total. The van der Waals surface area contributed by atoms with Crippen molar-refractivity contribution in [1.29, 1.82) is 0 Å². The minimum absolute atomic E-state index is 0.658. The second-order valence-electron chi connectivity index (χ2n) is 3.65.